The molecule has 0 aromatic heterocycles. The molecule has 94 valence electrons. The third-order valence-corrected chi connectivity index (χ3v) is 3.00. The maximum atomic E-state index is 11.9. The highest BCUT2D eigenvalue weighted by Crippen LogP contribution is 2.07. The van der Waals surface area contributed by atoms with E-state index in [1.807, 2.05) is 4.90 Å². The summed E-state index contributed by atoms with van der Waals surface area (Å²) in [6.07, 6.45) is 5.84. The number of rotatable bonds is 5. The van der Waals surface area contributed by atoms with Gasteiger partial charge in [-0.15, -0.1) is 0 Å². The van der Waals surface area contributed by atoms with E-state index in [9.17, 15) is 4.79 Å². The lowest BCUT2D eigenvalue weighted by Gasteiger charge is -2.32. The van der Waals surface area contributed by atoms with Crippen molar-refractivity contribution in [2.45, 2.75) is 12.8 Å². The summed E-state index contributed by atoms with van der Waals surface area (Å²) in [5.74, 6) is 0.190. The van der Waals surface area contributed by atoms with Crippen molar-refractivity contribution < 1.29 is 4.79 Å². The minimum absolute atomic E-state index is 0.190. The fraction of sp³-hybridized carbons (Fsp3) is 0.538. The first-order valence-corrected chi connectivity index (χ1v) is 5.95. The molecular formula is C13H21N3O. The fourth-order valence-corrected chi connectivity index (χ4v) is 1.82. The molecule has 0 spiro atoms. The van der Waals surface area contributed by atoms with Crippen LogP contribution in [0, 0.1) is 5.41 Å². The van der Waals surface area contributed by atoms with Gasteiger partial charge in [-0.1, -0.05) is 18.7 Å². The van der Waals surface area contributed by atoms with Crippen LogP contribution in [0.4, 0.5) is 0 Å². The Balaban J connectivity index is 2.36. The minimum Gasteiger partial charge on any atom is -0.340 e. The van der Waals surface area contributed by atoms with E-state index in [0.717, 1.165) is 31.8 Å². The molecule has 0 saturated carbocycles. The number of amides is 1. The lowest BCUT2D eigenvalue weighted by molar-refractivity contribution is -0.132. The first kappa shape index (κ1) is 13.6. The molecule has 0 aromatic rings. The van der Waals surface area contributed by atoms with Crippen LogP contribution in [0.25, 0.3) is 0 Å². The lowest BCUT2D eigenvalue weighted by atomic mass is 10.1. The Morgan fingerprint density at radius 1 is 1.29 bits per heavy atom. The smallest absolute Gasteiger partial charge is 0.222 e. The number of likely N-dealkylation sites (N-methyl/N-ethyl adjacent to an activating group) is 1. The Morgan fingerprint density at radius 3 is 2.47 bits per heavy atom. The summed E-state index contributed by atoms with van der Waals surface area (Å²) in [4.78, 5) is 16.0. The van der Waals surface area contributed by atoms with Gasteiger partial charge in [0.05, 0.1) is 0 Å². The molecule has 0 atom stereocenters. The number of piperazine rings is 1. The predicted octanol–water partition coefficient (Wildman–Crippen LogP) is 1.30. The fourth-order valence-electron chi connectivity index (χ4n) is 1.82. The number of allylic oxidation sites excluding steroid dienone is 3. The molecule has 1 saturated heterocycles. The van der Waals surface area contributed by atoms with E-state index in [4.69, 9.17) is 5.41 Å². The molecule has 1 fully saturated rings. The molecule has 0 bridgehead atoms. The number of nitrogens with zero attached hydrogens (tertiary/aromatic N) is 2. The van der Waals surface area contributed by atoms with Gasteiger partial charge in [0, 0.05) is 38.8 Å². The lowest BCUT2D eigenvalue weighted by Crippen LogP contribution is -2.47. The average Bonchev–Trinajstić information content (AvgIpc) is 2.35. The van der Waals surface area contributed by atoms with Crippen LogP contribution in [-0.2, 0) is 4.79 Å². The van der Waals surface area contributed by atoms with Gasteiger partial charge in [-0.2, -0.15) is 0 Å². The predicted molar refractivity (Wildman–Crippen MR) is 70.4 cm³/mol. The molecule has 17 heavy (non-hydrogen) atoms. The molecule has 1 heterocycles. The number of carbonyl (C=O) groups excluding carboxylic acids is 1. The summed E-state index contributed by atoms with van der Waals surface area (Å²) >= 11 is 0. The van der Waals surface area contributed by atoms with Crippen molar-refractivity contribution in [3.05, 3.63) is 24.3 Å². The molecule has 0 radical (unpaired) electrons. The van der Waals surface area contributed by atoms with Crippen LogP contribution in [-0.4, -0.2) is 55.1 Å². The molecule has 0 unspecified atom stereocenters. The second kappa shape index (κ2) is 7.01. The maximum absolute atomic E-state index is 11.9. The van der Waals surface area contributed by atoms with Crippen LogP contribution in [0.15, 0.2) is 24.3 Å². The Kier molecular flexibility index (Phi) is 5.63. The first-order valence-electron chi connectivity index (χ1n) is 5.95. The van der Waals surface area contributed by atoms with E-state index in [1.54, 1.807) is 12.2 Å². The van der Waals surface area contributed by atoms with Crippen molar-refractivity contribution >= 4 is 12.1 Å². The number of hydrogen-bond acceptors (Lipinski definition) is 3. The SMILES string of the molecule is C=C/C=C(\C=N)CCC(=O)N1CCN(C)CC1. The van der Waals surface area contributed by atoms with E-state index >= 15 is 0 Å². The van der Waals surface area contributed by atoms with Gasteiger partial charge < -0.3 is 15.2 Å². The molecule has 1 aliphatic rings. The zero-order chi connectivity index (χ0) is 12.7. The van der Waals surface area contributed by atoms with Crippen molar-refractivity contribution in [3.8, 4) is 0 Å². The molecule has 0 aliphatic carbocycles. The summed E-state index contributed by atoms with van der Waals surface area (Å²) in [6, 6.07) is 0. The van der Waals surface area contributed by atoms with Gasteiger partial charge in [-0.05, 0) is 19.0 Å². The number of carbonyl (C=O) groups is 1. The molecule has 1 N–H and O–H groups in total. The molecule has 1 amide bonds. The van der Waals surface area contributed by atoms with Crippen LogP contribution in [0.3, 0.4) is 0 Å². The second-order valence-electron chi connectivity index (χ2n) is 4.31. The van der Waals surface area contributed by atoms with Gasteiger partial charge in [-0.25, -0.2) is 0 Å². The average molecular weight is 235 g/mol. The number of hydrogen-bond donors (Lipinski definition) is 1. The summed E-state index contributed by atoms with van der Waals surface area (Å²) in [7, 11) is 2.07. The van der Waals surface area contributed by atoms with Crippen molar-refractivity contribution in [1.29, 1.82) is 5.41 Å². The quantitative estimate of drug-likeness (QED) is 0.577. The molecule has 4 heteroatoms. The Labute approximate surface area is 103 Å². The van der Waals surface area contributed by atoms with Crippen LogP contribution >= 0.6 is 0 Å². The van der Waals surface area contributed by atoms with Gasteiger partial charge in [0.15, 0.2) is 0 Å². The molecule has 4 nitrogen and oxygen atoms in total. The van der Waals surface area contributed by atoms with Gasteiger partial charge >= 0.3 is 0 Å². The Bertz CT molecular complexity index is 315. The molecule has 1 rings (SSSR count). The summed E-state index contributed by atoms with van der Waals surface area (Å²) in [5.41, 5.74) is 0.850. The van der Waals surface area contributed by atoms with Crippen molar-refractivity contribution in [2.24, 2.45) is 0 Å². The van der Waals surface area contributed by atoms with Crippen molar-refractivity contribution in [2.75, 3.05) is 33.2 Å². The highest BCUT2D eigenvalue weighted by Gasteiger charge is 2.18. The van der Waals surface area contributed by atoms with E-state index in [1.165, 1.54) is 6.21 Å². The Hall–Kier alpha value is -1.42. The monoisotopic (exact) mass is 235 g/mol. The van der Waals surface area contributed by atoms with Crippen LogP contribution in [0.2, 0.25) is 0 Å². The highest BCUT2D eigenvalue weighted by atomic mass is 16.2. The third kappa shape index (κ3) is 4.53. The van der Waals surface area contributed by atoms with Gasteiger partial charge in [0.1, 0.15) is 0 Å². The van der Waals surface area contributed by atoms with Gasteiger partial charge in [0.25, 0.3) is 0 Å². The topological polar surface area (TPSA) is 47.4 Å². The standard InChI is InChI=1S/C13H21N3O/c1-3-4-12(11-14)5-6-13(17)16-9-7-15(2)8-10-16/h3-4,11,14H,1,5-10H2,2H3/b12-4-,14-11?. The first-order chi connectivity index (χ1) is 8.17. The second-order valence-corrected chi connectivity index (χ2v) is 4.31. The normalized spacial score (nSPS) is 17.9. The van der Waals surface area contributed by atoms with Crippen molar-refractivity contribution in [3.63, 3.8) is 0 Å². The third-order valence-electron chi connectivity index (χ3n) is 3.00. The van der Waals surface area contributed by atoms with Gasteiger partial charge in [-0.3, -0.25) is 4.79 Å². The molecule has 0 aromatic carbocycles. The molecular weight excluding hydrogens is 214 g/mol. The van der Waals surface area contributed by atoms with E-state index in [0.29, 0.717) is 12.8 Å². The summed E-state index contributed by atoms with van der Waals surface area (Å²) in [5, 5.41) is 7.21. The number of nitrogens with one attached hydrogen (secondary N) is 1. The van der Waals surface area contributed by atoms with Crippen LogP contribution in [0.5, 0.6) is 0 Å². The van der Waals surface area contributed by atoms with Crippen molar-refractivity contribution in [1.82, 2.24) is 9.80 Å². The summed E-state index contributed by atoms with van der Waals surface area (Å²) in [6.45, 7) is 7.13. The van der Waals surface area contributed by atoms with Crippen LogP contribution in [0.1, 0.15) is 12.8 Å². The largest absolute Gasteiger partial charge is 0.340 e. The highest BCUT2D eigenvalue weighted by molar-refractivity contribution is 5.80. The van der Waals surface area contributed by atoms with Gasteiger partial charge in [0.2, 0.25) is 5.91 Å². The van der Waals surface area contributed by atoms with E-state index in [-0.39, 0.29) is 5.91 Å². The van der Waals surface area contributed by atoms with E-state index in [2.05, 4.69) is 18.5 Å². The molecule has 1 aliphatic heterocycles. The van der Waals surface area contributed by atoms with Crippen LogP contribution < -0.4 is 0 Å². The maximum Gasteiger partial charge on any atom is 0.222 e. The Morgan fingerprint density at radius 2 is 1.94 bits per heavy atom. The van der Waals surface area contributed by atoms with E-state index < -0.39 is 0 Å². The zero-order valence-electron chi connectivity index (χ0n) is 10.5. The summed E-state index contributed by atoms with van der Waals surface area (Å²) < 4.78 is 0. The zero-order valence-corrected chi connectivity index (χ0v) is 10.5. The minimum atomic E-state index is 0.190.